The Morgan fingerprint density at radius 2 is 1.80 bits per heavy atom. The summed E-state index contributed by atoms with van der Waals surface area (Å²) in [5.74, 6) is 0.818. The molecule has 1 N–H and O–H groups in total. The number of nitrogens with one attached hydrogen (secondary N) is 1. The van der Waals surface area contributed by atoms with Crippen LogP contribution in [0.5, 0.6) is 11.5 Å². The van der Waals surface area contributed by atoms with Gasteiger partial charge in [-0.1, -0.05) is 30.3 Å². The summed E-state index contributed by atoms with van der Waals surface area (Å²) in [4.78, 5) is 15.5. The SMILES string of the molecule is COc1cccc(OC)c1C(=O)NCC(c1ccsc1)N1CCc2ccccc2C1. The van der Waals surface area contributed by atoms with Gasteiger partial charge in [-0.2, -0.15) is 11.3 Å². The van der Waals surface area contributed by atoms with Crippen LogP contribution >= 0.6 is 11.3 Å². The first-order valence-corrected chi connectivity index (χ1v) is 11.0. The molecular weight excluding hydrogens is 396 g/mol. The van der Waals surface area contributed by atoms with E-state index in [0.717, 1.165) is 19.5 Å². The Bertz CT molecular complexity index is 981. The highest BCUT2D eigenvalue weighted by molar-refractivity contribution is 7.08. The fourth-order valence-corrected chi connectivity index (χ4v) is 4.77. The highest BCUT2D eigenvalue weighted by Gasteiger charge is 2.26. The Morgan fingerprint density at radius 1 is 1.07 bits per heavy atom. The zero-order valence-electron chi connectivity index (χ0n) is 17.3. The molecule has 1 aromatic heterocycles. The average Bonchev–Trinajstić information content (AvgIpc) is 3.33. The molecule has 30 heavy (non-hydrogen) atoms. The monoisotopic (exact) mass is 422 g/mol. The van der Waals surface area contributed by atoms with E-state index >= 15 is 0 Å². The Labute approximate surface area is 181 Å². The molecule has 3 aromatic rings. The van der Waals surface area contributed by atoms with E-state index in [-0.39, 0.29) is 11.9 Å². The Kier molecular flexibility index (Phi) is 6.35. The zero-order valence-corrected chi connectivity index (χ0v) is 18.1. The molecule has 0 fully saturated rings. The van der Waals surface area contributed by atoms with Gasteiger partial charge < -0.3 is 14.8 Å². The van der Waals surface area contributed by atoms with E-state index in [0.29, 0.717) is 23.6 Å². The maximum absolute atomic E-state index is 13.1. The number of carbonyl (C=O) groups excluding carboxylic acids is 1. The molecule has 1 unspecified atom stereocenters. The van der Waals surface area contributed by atoms with Gasteiger partial charge in [0.15, 0.2) is 0 Å². The van der Waals surface area contributed by atoms with Crippen LogP contribution < -0.4 is 14.8 Å². The Hall–Kier alpha value is -2.83. The summed E-state index contributed by atoms with van der Waals surface area (Å²) in [6.07, 6.45) is 1.02. The van der Waals surface area contributed by atoms with Crippen molar-refractivity contribution in [2.75, 3.05) is 27.3 Å². The van der Waals surface area contributed by atoms with Crippen molar-refractivity contribution in [3.63, 3.8) is 0 Å². The molecule has 1 aliphatic rings. The van der Waals surface area contributed by atoms with Crippen molar-refractivity contribution in [1.82, 2.24) is 10.2 Å². The van der Waals surface area contributed by atoms with E-state index < -0.39 is 0 Å². The minimum atomic E-state index is -0.193. The third-order valence-corrected chi connectivity index (χ3v) is 6.34. The average molecular weight is 423 g/mol. The number of rotatable bonds is 7. The van der Waals surface area contributed by atoms with Crippen molar-refractivity contribution < 1.29 is 14.3 Å². The molecule has 6 heteroatoms. The largest absolute Gasteiger partial charge is 0.496 e. The summed E-state index contributed by atoms with van der Waals surface area (Å²) in [6, 6.07) is 16.2. The van der Waals surface area contributed by atoms with Crippen LogP contribution in [0.2, 0.25) is 0 Å². The van der Waals surface area contributed by atoms with Crippen LogP contribution in [-0.4, -0.2) is 38.1 Å². The number of carbonyl (C=O) groups is 1. The number of thiophene rings is 1. The van der Waals surface area contributed by atoms with Crippen LogP contribution in [0, 0.1) is 0 Å². The third kappa shape index (κ3) is 4.20. The summed E-state index contributed by atoms with van der Waals surface area (Å²) in [5.41, 5.74) is 4.43. The van der Waals surface area contributed by atoms with Gasteiger partial charge in [0.25, 0.3) is 5.91 Å². The van der Waals surface area contributed by atoms with Gasteiger partial charge in [0.1, 0.15) is 17.1 Å². The van der Waals surface area contributed by atoms with Crippen LogP contribution in [0.25, 0.3) is 0 Å². The van der Waals surface area contributed by atoms with Gasteiger partial charge in [-0.05, 0) is 52.1 Å². The number of amides is 1. The van der Waals surface area contributed by atoms with Gasteiger partial charge in [0, 0.05) is 19.6 Å². The lowest BCUT2D eigenvalue weighted by Crippen LogP contribution is -2.40. The molecule has 0 aliphatic carbocycles. The van der Waals surface area contributed by atoms with Crippen LogP contribution in [0.15, 0.2) is 59.3 Å². The summed E-state index contributed by atoms with van der Waals surface area (Å²) in [6.45, 7) is 2.36. The summed E-state index contributed by atoms with van der Waals surface area (Å²) >= 11 is 1.68. The first kappa shape index (κ1) is 20.4. The van der Waals surface area contributed by atoms with Crippen molar-refractivity contribution in [3.8, 4) is 11.5 Å². The summed E-state index contributed by atoms with van der Waals surface area (Å²) < 4.78 is 10.8. The quantitative estimate of drug-likeness (QED) is 0.617. The maximum atomic E-state index is 13.1. The number of hydrogen-bond acceptors (Lipinski definition) is 5. The maximum Gasteiger partial charge on any atom is 0.258 e. The molecular formula is C24H26N2O3S. The van der Waals surface area contributed by atoms with E-state index in [1.807, 2.05) is 6.07 Å². The molecule has 0 spiro atoms. The van der Waals surface area contributed by atoms with E-state index in [1.165, 1.54) is 16.7 Å². The van der Waals surface area contributed by atoms with E-state index in [9.17, 15) is 4.79 Å². The van der Waals surface area contributed by atoms with Gasteiger partial charge in [-0.15, -0.1) is 0 Å². The number of hydrogen-bond donors (Lipinski definition) is 1. The van der Waals surface area contributed by atoms with Crippen molar-refractivity contribution in [1.29, 1.82) is 0 Å². The molecule has 2 heterocycles. The fraction of sp³-hybridized carbons (Fsp3) is 0.292. The highest BCUT2D eigenvalue weighted by Crippen LogP contribution is 2.30. The zero-order chi connectivity index (χ0) is 20.9. The lowest BCUT2D eigenvalue weighted by molar-refractivity contribution is 0.0921. The van der Waals surface area contributed by atoms with Gasteiger partial charge in [0.2, 0.25) is 0 Å². The second-order valence-corrected chi connectivity index (χ2v) is 8.09. The minimum absolute atomic E-state index is 0.106. The number of ether oxygens (including phenoxy) is 2. The summed E-state index contributed by atoms with van der Waals surface area (Å²) in [5, 5.41) is 7.38. The van der Waals surface area contributed by atoms with Gasteiger partial charge in [-0.3, -0.25) is 9.69 Å². The molecule has 2 aromatic carbocycles. The predicted molar refractivity (Wildman–Crippen MR) is 119 cm³/mol. The lowest BCUT2D eigenvalue weighted by Gasteiger charge is -2.35. The second kappa shape index (κ2) is 9.32. The molecule has 156 valence electrons. The molecule has 0 saturated carbocycles. The molecule has 5 nitrogen and oxygen atoms in total. The standard InChI is InChI=1S/C24H26N2O3S/c1-28-21-8-5-9-22(29-2)23(21)24(27)25-14-20(19-11-13-30-16-19)26-12-10-17-6-3-4-7-18(17)15-26/h3-9,11,13,16,20H,10,12,14-15H2,1-2H3,(H,25,27). The lowest BCUT2D eigenvalue weighted by atomic mass is 9.97. The molecule has 1 atom stereocenters. The molecule has 0 radical (unpaired) electrons. The number of fused-ring (bicyclic) bond motifs is 1. The number of benzene rings is 2. The number of nitrogens with zero attached hydrogens (tertiary/aromatic N) is 1. The molecule has 1 aliphatic heterocycles. The highest BCUT2D eigenvalue weighted by atomic mass is 32.1. The van der Waals surface area contributed by atoms with Gasteiger partial charge in [0.05, 0.1) is 20.3 Å². The van der Waals surface area contributed by atoms with Gasteiger partial charge in [-0.25, -0.2) is 0 Å². The Morgan fingerprint density at radius 3 is 2.47 bits per heavy atom. The topological polar surface area (TPSA) is 50.8 Å². The fourth-order valence-electron chi connectivity index (χ4n) is 4.06. The second-order valence-electron chi connectivity index (χ2n) is 7.31. The van der Waals surface area contributed by atoms with Crippen LogP contribution in [0.1, 0.15) is 33.1 Å². The molecule has 0 bridgehead atoms. The smallest absolute Gasteiger partial charge is 0.258 e. The van der Waals surface area contributed by atoms with Crippen molar-refractivity contribution in [2.45, 2.75) is 19.0 Å². The van der Waals surface area contributed by atoms with Crippen LogP contribution in [0.3, 0.4) is 0 Å². The van der Waals surface area contributed by atoms with Crippen molar-refractivity contribution in [2.24, 2.45) is 0 Å². The van der Waals surface area contributed by atoms with Crippen molar-refractivity contribution in [3.05, 3.63) is 81.5 Å². The minimum Gasteiger partial charge on any atom is -0.496 e. The van der Waals surface area contributed by atoms with Crippen LogP contribution in [-0.2, 0) is 13.0 Å². The predicted octanol–water partition coefficient (Wildman–Crippen LogP) is 4.29. The van der Waals surface area contributed by atoms with E-state index in [4.69, 9.17) is 9.47 Å². The third-order valence-electron chi connectivity index (χ3n) is 5.64. The molecule has 4 rings (SSSR count). The first-order valence-electron chi connectivity index (χ1n) is 10.0. The van der Waals surface area contributed by atoms with Crippen LogP contribution in [0.4, 0.5) is 0 Å². The summed E-state index contributed by atoms with van der Waals surface area (Å²) in [7, 11) is 3.12. The normalized spacial score (nSPS) is 14.6. The Balaban J connectivity index is 1.54. The molecule has 0 saturated heterocycles. The van der Waals surface area contributed by atoms with Gasteiger partial charge >= 0.3 is 0 Å². The molecule has 1 amide bonds. The first-order chi connectivity index (χ1) is 14.7. The van der Waals surface area contributed by atoms with Crippen molar-refractivity contribution >= 4 is 17.2 Å². The van der Waals surface area contributed by atoms with E-state index in [2.05, 4.69) is 51.3 Å². The number of methoxy groups -OCH3 is 2. The van der Waals surface area contributed by atoms with E-state index in [1.54, 1.807) is 37.7 Å².